The lowest BCUT2D eigenvalue weighted by molar-refractivity contribution is -0.134. The number of aromatic amines is 1. The zero-order valence-corrected chi connectivity index (χ0v) is 17.1. The highest BCUT2D eigenvalue weighted by molar-refractivity contribution is 6.46. The van der Waals surface area contributed by atoms with Gasteiger partial charge in [0.15, 0.2) is 0 Å². The number of nitrogens with zero attached hydrogens (tertiary/aromatic N) is 2. The minimum absolute atomic E-state index is 0.372. The van der Waals surface area contributed by atoms with E-state index in [1.807, 2.05) is 48.5 Å². The summed E-state index contributed by atoms with van der Waals surface area (Å²) in [6.45, 7) is 0. The molecule has 2 heterocycles. The van der Waals surface area contributed by atoms with E-state index < -0.39 is 23.7 Å². The first kappa shape index (κ1) is 18.9. The molecular weight excluding hydrogens is 421 g/mol. The first-order valence-electron chi connectivity index (χ1n) is 9.35. The van der Waals surface area contributed by atoms with Crippen LogP contribution in [0.15, 0.2) is 73.1 Å². The van der Waals surface area contributed by atoms with Crippen LogP contribution in [-0.4, -0.2) is 21.7 Å². The van der Waals surface area contributed by atoms with Crippen molar-refractivity contribution >= 4 is 51.6 Å². The van der Waals surface area contributed by atoms with Gasteiger partial charge in [0.2, 0.25) is 5.78 Å². The van der Waals surface area contributed by atoms with Gasteiger partial charge in [0, 0.05) is 5.69 Å². The molecule has 5 nitrogen and oxygen atoms in total. The normalized spacial score (nSPS) is 19.1. The fourth-order valence-electron chi connectivity index (χ4n) is 4.05. The number of halogens is 2. The topological polar surface area (TPSA) is 66.1 Å². The van der Waals surface area contributed by atoms with Gasteiger partial charge in [0.25, 0.3) is 5.91 Å². The third-order valence-electron chi connectivity index (χ3n) is 5.43. The molecule has 2 unspecified atom stereocenters. The second-order valence-electron chi connectivity index (χ2n) is 7.15. The number of benzene rings is 3. The third kappa shape index (κ3) is 2.98. The van der Waals surface area contributed by atoms with Gasteiger partial charge in [-0.2, -0.15) is 0 Å². The maximum Gasteiger partial charge on any atom is 0.295 e. The predicted octanol–water partition coefficient (Wildman–Crippen LogP) is 5.31. The quantitative estimate of drug-likeness (QED) is 0.443. The lowest BCUT2D eigenvalue weighted by Gasteiger charge is -2.28. The molecule has 0 aliphatic carbocycles. The van der Waals surface area contributed by atoms with E-state index in [4.69, 9.17) is 23.2 Å². The fourth-order valence-corrected chi connectivity index (χ4v) is 4.36. The van der Waals surface area contributed by atoms with Crippen LogP contribution in [0.4, 0.5) is 5.69 Å². The van der Waals surface area contributed by atoms with Crippen LogP contribution in [0.1, 0.15) is 23.1 Å². The SMILES string of the molecule is O=C1C(=O)N(c2ccc3nc[nH]c3c2)C(c2ccc(Cl)c(Cl)c2)C1c1ccccc1. The average molecular weight is 436 g/mol. The van der Waals surface area contributed by atoms with Gasteiger partial charge in [-0.15, -0.1) is 0 Å². The number of amides is 1. The Labute approximate surface area is 182 Å². The molecule has 0 bridgehead atoms. The van der Waals surface area contributed by atoms with E-state index in [2.05, 4.69) is 9.97 Å². The monoisotopic (exact) mass is 435 g/mol. The van der Waals surface area contributed by atoms with Crippen LogP contribution in [0.3, 0.4) is 0 Å². The Morgan fingerprint density at radius 2 is 1.67 bits per heavy atom. The van der Waals surface area contributed by atoms with Crippen LogP contribution < -0.4 is 4.90 Å². The highest BCUT2D eigenvalue weighted by atomic mass is 35.5. The predicted molar refractivity (Wildman–Crippen MR) is 117 cm³/mol. The van der Waals surface area contributed by atoms with Crippen molar-refractivity contribution in [3.63, 3.8) is 0 Å². The van der Waals surface area contributed by atoms with Crippen LogP contribution in [0, 0.1) is 0 Å². The number of nitrogens with one attached hydrogen (secondary N) is 1. The maximum absolute atomic E-state index is 13.2. The number of anilines is 1. The maximum atomic E-state index is 13.2. The van der Waals surface area contributed by atoms with Crippen LogP contribution in [0.5, 0.6) is 0 Å². The number of Topliss-reactive ketones (excluding diaryl/α,β-unsaturated/α-hetero) is 1. The molecule has 0 saturated carbocycles. The molecule has 1 aliphatic heterocycles. The molecule has 1 fully saturated rings. The summed E-state index contributed by atoms with van der Waals surface area (Å²) in [6.07, 6.45) is 1.59. The summed E-state index contributed by atoms with van der Waals surface area (Å²) in [5.74, 6) is -1.67. The standard InChI is InChI=1S/C23H15Cl2N3O2/c24-16-8-6-14(10-17(16)25)21-20(13-4-2-1-3-5-13)22(29)23(30)28(21)15-7-9-18-19(11-15)27-12-26-18/h1-12,20-21H,(H,26,27). The summed E-state index contributed by atoms with van der Waals surface area (Å²) in [5, 5.41) is 0.787. The Morgan fingerprint density at radius 1 is 0.867 bits per heavy atom. The Balaban J connectivity index is 1.71. The minimum atomic E-state index is -0.659. The average Bonchev–Trinajstić information content (AvgIpc) is 3.33. The molecular formula is C23H15Cl2N3O2. The van der Waals surface area contributed by atoms with Crippen molar-refractivity contribution in [3.05, 3.63) is 94.2 Å². The molecule has 3 aromatic carbocycles. The van der Waals surface area contributed by atoms with Crippen molar-refractivity contribution in [3.8, 4) is 0 Å². The van der Waals surface area contributed by atoms with Crippen LogP contribution in [0.25, 0.3) is 11.0 Å². The summed E-state index contributed by atoms with van der Waals surface area (Å²) < 4.78 is 0. The van der Waals surface area contributed by atoms with Gasteiger partial charge in [0.05, 0.1) is 39.4 Å². The first-order valence-corrected chi connectivity index (χ1v) is 10.1. The van der Waals surface area contributed by atoms with Crippen LogP contribution in [0.2, 0.25) is 10.0 Å². The lowest BCUT2D eigenvalue weighted by atomic mass is 9.86. The van der Waals surface area contributed by atoms with E-state index in [0.29, 0.717) is 15.7 Å². The largest absolute Gasteiger partial charge is 0.345 e. The number of H-pyrrole nitrogens is 1. The Bertz CT molecular complexity index is 1290. The number of ketones is 1. The minimum Gasteiger partial charge on any atom is -0.345 e. The van der Waals surface area contributed by atoms with E-state index >= 15 is 0 Å². The van der Waals surface area contributed by atoms with Crippen LogP contribution >= 0.6 is 23.2 Å². The second kappa shape index (κ2) is 7.27. The molecule has 0 spiro atoms. The molecule has 1 aromatic heterocycles. The number of hydrogen-bond donors (Lipinski definition) is 1. The van der Waals surface area contributed by atoms with Gasteiger partial charge >= 0.3 is 0 Å². The molecule has 148 valence electrons. The van der Waals surface area contributed by atoms with E-state index in [1.54, 1.807) is 29.4 Å². The molecule has 0 radical (unpaired) electrons. The molecule has 4 aromatic rings. The number of hydrogen-bond acceptors (Lipinski definition) is 3. The van der Waals surface area contributed by atoms with Crippen molar-refractivity contribution in [1.82, 2.24) is 9.97 Å². The number of carbonyl (C=O) groups is 2. The van der Waals surface area contributed by atoms with Gasteiger partial charge in [-0.1, -0.05) is 59.6 Å². The summed E-state index contributed by atoms with van der Waals surface area (Å²) in [7, 11) is 0. The van der Waals surface area contributed by atoms with E-state index in [1.165, 1.54) is 0 Å². The first-order chi connectivity index (χ1) is 14.5. The zero-order chi connectivity index (χ0) is 20.8. The van der Waals surface area contributed by atoms with Gasteiger partial charge in [-0.25, -0.2) is 4.98 Å². The number of rotatable bonds is 3. The summed E-state index contributed by atoms with van der Waals surface area (Å²) >= 11 is 12.4. The fraction of sp³-hybridized carbons (Fsp3) is 0.0870. The molecule has 1 saturated heterocycles. The van der Waals surface area contributed by atoms with Crippen molar-refractivity contribution in [2.75, 3.05) is 4.90 Å². The smallest absolute Gasteiger partial charge is 0.295 e. The zero-order valence-electron chi connectivity index (χ0n) is 15.5. The number of fused-ring (bicyclic) bond motifs is 1. The summed E-state index contributed by atoms with van der Waals surface area (Å²) in [4.78, 5) is 35.2. The Hall–Kier alpha value is -3.15. The van der Waals surface area contributed by atoms with E-state index in [0.717, 1.165) is 22.2 Å². The highest BCUT2D eigenvalue weighted by Crippen LogP contribution is 2.46. The number of aromatic nitrogens is 2. The molecule has 1 amide bonds. The van der Waals surface area contributed by atoms with Gasteiger partial charge in [-0.05, 0) is 41.5 Å². The number of carbonyl (C=O) groups excluding carboxylic acids is 2. The third-order valence-corrected chi connectivity index (χ3v) is 6.17. The molecule has 30 heavy (non-hydrogen) atoms. The van der Waals surface area contributed by atoms with Crippen LogP contribution in [-0.2, 0) is 9.59 Å². The van der Waals surface area contributed by atoms with Gasteiger partial charge in [-0.3, -0.25) is 14.5 Å². The van der Waals surface area contributed by atoms with Crippen molar-refractivity contribution in [2.45, 2.75) is 12.0 Å². The van der Waals surface area contributed by atoms with Gasteiger partial charge < -0.3 is 4.98 Å². The van der Waals surface area contributed by atoms with Crippen molar-refractivity contribution < 1.29 is 9.59 Å². The van der Waals surface area contributed by atoms with Crippen molar-refractivity contribution in [2.24, 2.45) is 0 Å². The number of imidazole rings is 1. The summed E-state index contributed by atoms with van der Waals surface area (Å²) in [6, 6.07) is 19.4. The molecule has 7 heteroatoms. The Morgan fingerprint density at radius 3 is 2.43 bits per heavy atom. The van der Waals surface area contributed by atoms with Gasteiger partial charge in [0.1, 0.15) is 0 Å². The highest BCUT2D eigenvalue weighted by Gasteiger charge is 2.49. The molecule has 2 atom stereocenters. The van der Waals surface area contributed by atoms with E-state index in [9.17, 15) is 9.59 Å². The molecule has 1 N–H and O–H groups in total. The second-order valence-corrected chi connectivity index (χ2v) is 7.96. The molecule has 5 rings (SSSR count). The summed E-state index contributed by atoms with van der Waals surface area (Å²) in [5.41, 5.74) is 3.69. The van der Waals surface area contributed by atoms with E-state index in [-0.39, 0.29) is 0 Å². The Kier molecular flexibility index (Phi) is 4.57. The lowest BCUT2D eigenvalue weighted by Crippen LogP contribution is -2.29. The van der Waals surface area contributed by atoms with Crippen molar-refractivity contribution in [1.29, 1.82) is 0 Å². The molecule has 1 aliphatic rings.